The Kier molecular flexibility index (Phi) is 9.15. The van der Waals surface area contributed by atoms with Gasteiger partial charge in [0, 0.05) is 19.2 Å². The number of guanidine groups is 1. The molecule has 0 aliphatic heterocycles. The lowest BCUT2D eigenvalue weighted by Crippen LogP contribution is -2.38. The summed E-state index contributed by atoms with van der Waals surface area (Å²) in [7, 11) is 3.18. The first kappa shape index (κ1) is 21.6. The van der Waals surface area contributed by atoms with Crippen LogP contribution in [0.2, 0.25) is 0 Å². The van der Waals surface area contributed by atoms with Gasteiger partial charge in [-0.3, -0.25) is 4.99 Å². The van der Waals surface area contributed by atoms with Crippen molar-refractivity contribution in [1.29, 1.82) is 0 Å². The molecule has 0 heterocycles. The van der Waals surface area contributed by atoms with Crippen LogP contribution in [0.15, 0.2) is 53.5 Å². The summed E-state index contributed by atoms with van der Waals surface area (Å²) >= 11 is 0. The summed E-state index contributed by atoms with van der Waals surface area (Å²) in [6.45, 7) is 3.83. The van der Waals surface area contributed by atoms with Crippen molar-refractivity contribution in [3.05, 3.63) is 59.7 Å². The molecule has 2 rings (SSSR count). The zero-order chi connectivity index (χ0) is 20.2. The maximum atomic E-state index is 10.5. The first-order valence-corrected chi connectivity index (χ1v) is 9.63. The number of aryl methyl sites for hydroxylation is 1. The molecule has 152 valence electrons. The lowest BCUT2D eigenvalue weighted by atomic mass is 10.1. The maximum absolute atomic E-state index is 10.5. The third kappa shape index (κ3) is 7.12. The summed E-state index contributed by atoms with van der Waals surface area (Å²) in [5.74, 6) is 1.98. The second kappa shape index (κ2) is 11.9. The van der Waals surface area contributed by atoms with Gasteiger partial charge in [0.2, 0.25) is 0 Å². The molecule has 0 saturated heterocycles. The van der Waals surface area contributed by atoms with Gasteiger partial charge in [0.15, 0.2) is 5.96 Å². The van der Waals surface area contributed by atoms with Gasteiger partial charge in [0.05, 0.1) is 26.9 Å². The number of aliphatic imine (C=N–C) groups is 1. The molecule has 0 amide bonds. The van der Waals surface area contributed by atoms with E-state index in [0.717, 1.165) is 25.9 Å². The number of aliphatic hydroxyl groups is 1. The summed E-state index contributed by atoms with van der Waals surface area (Å²) < 4.78 is 10.5. The van der Waals surface area contributed by atoms with Gasteiger partial charge in [-0.25, -0.2) is 0 Å². The van der Waals surface area contributed by atoms with Crippen LogP contribution >= 0.6 is 0 Å². The molecule has 3 N–H and O–H groups in total. The van der Waals surface area contributed by atoms with Gasteiger partial charge in [0.25, 0.3) is 0 Å². The van der Waals surface area contributed by atoms with Crippen molar-refractivity contribution in [1.82, 2.24) is 10.6 Å². The molecule has 6 heteroatoms. The minimum Gasteiger partial charge on any atom is -0.497 e. The largest absolute Gasteiger partial charge is 0.497 e. The third-order valence-corrected chi connectivity index (χ3v) is 4.30. The van der Waals surface area contributed by atoms with Gasteiger partial charge in [-0.15, -0.1) is 0 Å². The minimum absolute atomic E-state index is 0.240. The van der Waals surface area contributed by atoms with Gasteiger partial charge >= 0.3 is 0 Å². The van der Waals surface area contributed by atoms with E-state index in [1.54, 1.807) is 32.4 Å². The number of nitrogens with zero attached hydrogens (tertiary/aromatic N) is 1. The topological polar surface area (TPSA) is 75.1 Å². The molecular weight excluding hydrogens is 354 g/mol. The van der Waals surface area contributed by atoms with Crippen LogP contribution in [0.5, 0.6) is 11.5 Å². The monoisotopic (exact) mass is 385 g/mol. The fourth-order valence-corrected chi connectivity index (χ4v) is 2.79. The quantitative estimate of drug-likeness (QED) is 0.333. The predicted molar refractivity (Wildman–Crippen MR) is 113 cm³/mol. The molecule has 0 bridgehead atoms. The normalized spacial score (nSPS) is 12.4. The van der Waals surface area contributed by atoms with Crippen molar-refractivity contribution in [2.24, 2.45) is 4.99 Å². The van der Waals surface area contributed by atoms with Crippen LogP contribution in [0.4, 0.5) is 0 Å². The van der Waals surface area contributed by atoms with Gasteiger partial charge < -0.3 is 25.2 Å². The molecule has 28 heavy (non-hydrogen) atoms. The number of aliphatic hydroxyl groups excluding tert-OH is 1. The molecule has 6 nitrogen and oxygen atoms in total. The molecule has 0 spiro atoms. The highest BCUT2D eigenvalue weighted by Crippen LogP contribution is 2.26. The van der Waals surface area contributed by atoms with Gasteiger partial charge in [-0.1, -0.05) is 30.3 Å². The molecule has 0 fully saturated rings. The molecule has 1 unspecified atom stereocenters. The van der Waals surface area contributed by atoms with Crippen LogP contribution in [-0.2, 0) is 6.42 Å². The number of hydrogen-bond donors (Lipinski definition) is 3. The second-order valence-electron chi connectivity index (χ2n) is 6.40. The van der Waals surface area contributed by atoms with Crippen LogP contribution in [0.1, 0.15) is 30.6 Å². The summed E-state index contributed by atoms with van der Waals surface area (Å²) in [5, 5.41) is 17.1. The SMILES string of the molecule is CCNC(=NCC(O)c1cc(OC)cc(OC)c1)NCCCc1ccccc1. The average Bonchev–Trinajstić information content (AvgIpc) is 2.74. The van der Waals surface area contributed by atoms with E-state index in [-0.39, 0.29) is 6.54 Å². The maximum Gasteiger partial charge on any atom is 0.191 e. The predicted octanol–water partition coefficient (Wildman–Crippen LogP) is 2.93. The summed E-state index contributed by atoms with van der Waals surface area (Å²) in [5.41, 5.74) is 2.04. The zero-order valence-electron chi connectivity index (χ0n) is 16.9. The molecule has 2 aromatic rings. The smallest absolute Gasteiger partial charge is 0.191 e. The lowest BCUT2D eigenvalue weighted by molar-refractivity contribution is 0.186. The first-order valence-electron chi connectivity index (χ1n) is 9.63. The van der Waals surface area contributed by atoms with Crippen molar-refractivity contribution in [3.8, 4) is 11.5 Å². The van der Waals surface area contributed by atoms with Gasteiger partial charge in [-0.2, -0.15) is 0 Å². The number of hydrogen-bond acceptors (Lipinski definition) is 4. The Hall–Kier alpha value is -2.73. The Bertz CT molecular complexity index is 713. The standard InChI is InChI=1S/C22H31N3O3/c1-4-23-22(24-12-8-11-17-9-6-5-7-10-17)25-16-21(26)18-13-19(27-2)15-20(14-18)28-3/h5-7,9-10,13-15,21,26H,4,8,11-12,16H2,1-3H3,(H2,23,24,25). The van der Waals surface area contributed by atoms with Crippen LogP contribution in [0.25, 0.3) is 0 Å². The van der Waals surface area contributed by atoms with E-state index in [9.17, 15) is 5.11 Å². The number of rotatable bonds is 10. The highest BCUT2D eigenvalue weighted by molar-refractivity contribution is 5.79. The molecular formula is C22H31N3O3. The highest BCUT2D eigenvalue weighted by atomic mass is 16.5. The van der Waals surface area contributed by atoms with Crippen LogP contribution in [0.3, 0.4) is 0 Å². The average molecular weight is 386 g/mol. The minimum atomic E-state index is -0.747. The van der Waals surface area contributed by atoms with E-state index >= 15 is 0 Å². The van der Waals surface area contributed by atoms with Crippen molar-refractivity contribution in [2.45, 2.75) is 25.9 Å². The van der Waals surface area contributed by atoms with Crippen molar-refractivity contribution >= 4 is 5.96 Å². The van der Waals surface area contributed by atoms with E-state index in [0.29, 0.717) is 23.0 Å². The molecule has 0 radical (unpaired) electrons. The Labute approximate surface area is 167 Å². The molecule has 1 atom stereocenters. The van der Waals surface area contributed by atoms with Crippen LogP contribution in [-0.4, -0.2) is 44.9 Å². The molecule has 2 aromatic carbocycles. The molecule has 0 aliphatic rings. The Balaban J connectivity index is 1.90. The van der Waals surface area contributed by atoms with Gasteiger partial charge in [-0.05, 0) is 43.0 Å². The van der Waals surface area contributed by atoms with Crippen molar-refractivity contribution in [3.63, 3.8) is 0 Å². The Morgan fingerprint density at radius 2 is 1.71 bits per heavy atom. The van der Waals surface area contributed by atoms with E-state index in [4.69, 9.17) is 9.47 Å². The number of benzene rings is 2. The van der Waals surface area contributed by atoms with E-state index < -0.39 is 6.10 Å². The number of nitrogens with one attached hydrogen (secondary N) is 2. The first-order chi connectivity index (χ1) is 13.7. The van der Waals surface area contributed by atoms with Crippen LogP contribution < -0.4 is 20.1 Å². The zero-order valence-corrected chi connectivity index (χ0v) is 16.9. The molecule has 0 saturated carbocycles. The Morgan fingerprint density at radius 3 is 2.32 bits per heavy atom. The third-order valence-electron chi connectivity index (χ3n) is 4.30. The van der Waals surface area contributed by atoms with Crippen molar-refractivity contribution < 1.29 is 14.6 Å². The fraction of sp³-hybridized carbons (Fsp3) is 0.409. The molecule has 0 aliphatic carbocycles. The lowest BCUT2D eigenvalue weighted by Gasteiger charge is -2.15. The van der Waals surface area contributed by atoms with Crippen LogP contribution in [0, 0.1) is 0 Å². The van der Waals surface area contributed by atoms with E-state index in [1.807, 2.05) is 13.0 Å². The highest BCUT2D eigenvalue weighted by Gasteiger charge is 2.11. The summed E-state index contributed by atoms with van der Waals surface area (Å²) in [6, 6.07) is 15.8. The number of ether oxygens (including phenoxy) is 2. The fourth-order valence-electron chi connectivity index (χ4n) is 2.79. The summed E-state index contributed by atoms with van der Waals surface area (Å²) in [4.78, 5) is 4.51. The summed E-state index contributed by atoms with van der Waals surface area (Å²) in [6.07, 6.45) is 1.27. The molecule has 0 aromatic heterocycles. The van der Waals surface area contributed by atoms with E-state index in [2.05, 4.69) is 39.9 Å². The van der Waals surface area contributed by atoms with E-state index in [1.165, 1.54) is 5.56 Å². The number of methoxy groups -OCH3 is 2. The second-order valence-corrected chi connectivity index (χ2v) is 6.40. The Morgan fingerprint density at radius 1 is 1.04 bits per heavy atom. The van der Waals surface area contributed by atoms with Crippen molar-refractivity contribution in [2.75, 3.05) is 33.9 Å². The van der Waals surface area contributed by atoms with Gasteiger partial charge in [0.1, 0.15) is 11.5 Å².